The molecule has 0 radical (unpaired) electrons. The fourth-order valence-electron chi connectivity index (χ4n) is 6.86. The van der Waals surface area contributed by atoms with Crippen molar-refractivity contribution in [3.8, 4) is 0 Å². The van der Waals surface area contributed by atoms with Crippen molar-refractivity contribution in [3.63, 3.8) is 0 Å². The Hall–Kier alpha value is -1.26. The highest BCUT2D eigenvalue weighted by Gasteiger charge is 2.52. The number of benzene rings is 1. The Morgan fingerprint density at radius 3 is 2.19 bits per heavy atom. The summed E-state index contributed by atoms with van der Waals surface area (Å²) in [5.41, 5.74) is 3.90. The molecule has 4 fully saturated rings. The van der Waals surface area contributed by atoms with Crippen molar-refractivity contribution in [2.45, 2.75) is 58.0 Å². The molecule has 0 aliphatic heterocycles. The summed E-state index contributed by atoms with van der Waals surface area (Å²) in [5, 5.41) is 3.87. The summed E-state index contributed by atoms with van der Waals surface area (Å²) >= 11 is 0. The molecular formula is C22H32ClN3O. The van der Waals surface area contributed by atoms with Crippen molar-refractivity contribution in [1.29, 1.82) is 0 Å². The molecule has 0 amide bonds. The van der Waals surface area contributed by atoms with Crippen LogP contribution in [0.5, 0.6) is 0 Å². The lowest BCUT2D eigenvalue weighted by Crippen LogP contribution is -2.54. The van der Waals surface area contributed by atoms with Crippen LogP contribution in [-0.2, 0) is 20.6 Å². The van der Waals surface area contributed by atoms with Crippen molar-refractivity contribution in [2.75, 3.05) is 0 Å². The zero-order valence-corrected chi connectivity index (χ0v) is 17.5. The van der Waals surface area contributed by atoms with E-state index in [4.69, 9.17) is 0 Å². The second-order valence-electron chi connectivity index (χ2n) is 9.61. The molecule has 1 unspecified atom stereocenters. The smallest absolute Gasteiger partial charge is 0.310 e. The van der Waals surface area contributed by atoms with Gasteiger partial charge in [0, 0.05) is 26.7 Å². The van der Waals surface area contributed by atoms with E-state index in [1.165, 1.54) is 44.1 Å². The lowest BCUT2D eigenvalue weighted by Gasteiger charge is -2.59. The molecule has 5 heteroatoms. The zero-order valence-electron chi connectivity index (χ0n) is 16.7. The van der Waals surface area contributed by atoms with Gasteiger partial charge in [-0.15, -0.1) is 12.4 Å². The van der Waals surface area contributed by atoms with Crippen LogP contribution in [0, 0.1) is 23.2 Å². The van der Waals surface area contributed by atoms with Crippen molar-refractivity contribution in [1.82, 2.24) is 14.5 Å². The number of aryl methyl sites for hydroxylation is 2. The van der Waals surface area contributed by atoms with Crippen molar-refractivity contribution in [3.05, 3.63) is 34.2 Å². The molecule has 2 aromatic rings. The van der Waals surface area contributed by atoms with Gasteiger partial charge >= 0.3 is 5.69 Å². The van der Waals surface area contributed by atoms with Gasteiger partial charge < -0.3 is 5.32 Å². The van der Waals surface area contributed by atoms with Gasteiger partial charge in [-0.1, -0.05) is 6.07 Å². The normalized spacial score (nSPS) is 32.6. The molecule has 1 atom stereocenters. The number of rotatable bonds is 4. The predicted octanol–water partition coefficient (Wildman–Crippen LogP) is 3.99. The number of nitrogens with zero attached hydrogens (tertiary/aromatic N) is 2. The van der Waals surface area contributed by atoms with Gasteiger partial charge in [-0.05, 0) is 86.3 Å². The standard InChI is InChI=1S/C22H31N3O.ClH/c1-14(22-10-16-6-17(11-22)8-18(7-16)12-22)23-13-15-4-5-19-20(9-15)25(3)21(26)24(19)2;/h4-5,9,14,16-18,23H,6-8,10-13H2,1-3H3;1H. The van der Waals surface area contributed by atoms with E-state index in [1.54, 1.807) is 9.13 Å². The Morgan fingerprint density at radius 1 is 1.04 bits per heavy atom. The van der Waals surface area contributed by atoms with Gasteiger partial charge in [0.2, 0.25) is 0 Å². The van der Waals surface area contributed by atoms with Gasteiger partial charge in [-0.3, -0.25) is 9.13 Å². The van der Waals surface area contributed by atoms with Crippen LogP contribution in [0.25, 0.3) is 11.0 Å². The maximum Gasteiger partial charge on any atom is 0.328 e. The quantitative estimate of drug-likeness (QED) is 0.858. The minimum absolute atomic E-state index is 0. The number of hydrogen-bond donors (Lipinski definition) is 1. The molecule has 0 saturated heterocycles. The number of imidazole rings is 1. The van der Waals surface area contributed by atoms with Crippen LogP contribution in [0.3, 0.4) is 0 Å². The fraction of sp³-hybridized carbons (Fsp3) is 0.682. The summed E-state index contributed by atoms with van der Waals surface area (Å²) in [5.74, 6) is 3.00. The summed E-state index contributed by atoms with van der Waals surface area (Å²) in [4.78, 5) is 12.1. The van der Waals surface area contributed by atoms with Crippen LogP contribution in [0.2, 0.25) is 0 Å². The highest BCUT2D eigenvalue weighted by Crippen LogP contribution is 2.61. The van der Waals surface area contributed by atoms with E-state index in [0.29, 0.717) is 11.5 Å². The second kappa shape index (κ2) is 6.66. The number of nitrogens with one attached hydrogen (secondary N) is 1. The molecule has 4 aliphatic rings. The maximum absolute atomic E-state index is 12.1. The first-order valence-corrected chi connectivity index (χ1v) is 10.3. The first-order valence-electron chi connectivity index (χ1n) is 10.3. The number of halogens is 1. The Labute approximate surface area is 167 Å². The summed E-state index contributed by atoms with van der Waals surface area (Å²) in [7, 11) is 3.71. The van der Waals surface area contributed by atoms with E-state index in [9.17, 15) is 4.79 Å². The van der Waals surface area contributed by atoms with E-state index >= 15 is 0 Å². The lowest BCUT2D eigenvalue weighted by molar-refractivity contribution is -0.0706. The van der Waals surface area contributed by atoms with Crippen LogP contribution < -0.4 is 11.0 Å². The topological polar surface area (TPSA) is 39.0 Å². The lowest BCUT2D eigenvalue weighted by atomic mass is 9.48. The SMILES string of the molecule is CC(NCc1ccc2c(c1)n(C)c(=O)n2C)C12CC3CC(CC(C3)C1)C2.Cl. The van der Waals surface area contributed by atoms with E-state index < -0.39 is 0 Å². The Kier molecular flexibility index (Phi) is 4.71. The van der Waals surface area contributed by atoms with Gasteiger partial charge in [0.1, 0.15) is 0 Å². The fourth-order valence-corrected chi connectivity index (χ4v) is 6.86. The molecular weight excluding hydrogens is 358 g/mol. The third-order valence-electron chi connectivity index (χ3n) is 7.95. The Morgan fingerprint density at radius 2 is 1.59 bits per heavy atom. The molecule has 1 N–H and O–H groups in total. The molecule has 6 rings (SSSR count). The summed E-state index contributed by atoms with van der Waals surface area (Å²) in [6, 6.07) is 7.01. The highest BCUT2D eigenvalue weighted by molar-refractivity contribution is 5.85. The van der Waals surface area contributed by atoms with Gasteiger partial charge in [-0.25, -0.2) is 4.79 Å². The monoisotopic (exact) mass is 389 g/mol. The maximum atomic E-state index is 12.1. The van der Waals surface area contributed by atoms with Crippen LogP contribution in [0.1, 0.15) is 51.0 Å². The first kappa shape index (κ1) is 19.1. The second-order valence-corrected chi connectivity index (χ2v) is 9.61. The molecule has 1 heterocycles. The van der Waals surface area contributed by atoms with Gasteiger partial charge in [0.25, 0.3) is 0 Å². The predicted molar refractivity (Wildman–Crippen MR) is 112 cm³/mol. The number of fused-ring (bicyclic) bond motifs is 1. The van der Waals surface area contributed by atoms with Gasteiger partial charge in [0.15, 0.2) is 0 Å². The van der Waals surface area contributed by atoms with E-state index in [-0.39, 0.29) is 18.1 Å². The van der Waals surface area contributed by atoms with E-state index in [2.05, 4.69) is 30.4 Å². The average molecular weight is 390 g/mol. The molecule has 4 aliphatic carbocycles. The van der Waals surface area contributed by atoms with Crippen LogP contribution in [0.4, 0.5) is 0 Å². The molecule has 1 aromatic carbocycles. The molecule has 4 saturated carbocycles. The van der Waals surface area contributed by atoms with E-state index in [0.717, 1.165) is 35.3 Å². The minimum atomic E-state index is 0. The Bertz CT molecular complexity index is 877. The third-order valence-corrected chi connectivity index (χ3v) is 7.95. The molecule has 1 aromatic heterocycles. The van der Waals surface area contributed by atoms with Crippen LogP contribution in [0.15, 0.2) is 23.0 Å². The molecule has 148 valence electrons. The van der Waals surface area contributed by atoms with Crippen LogP contribution in [-0.4, -0.2) is 15.2 Å². The molecule has 0 spiro atoms. The zero-order chi connectivity index (χ0) is 18.1. The third kappa shape index (κ3) is 2.96. The number of aromatic nitrogens is 2. The van der Waals surface area contributed by atoms with Crippen molar-refractivity contribution >= 4 is 23.4 Å². The van der Waals surface area contributed by atoms with Crippen molar-refractivity contribution < 1.29 is 0 Å². The average Bonchev–Trinajstić information content (AvgIpc) is 2.82. The van der Waals surface area contributed by atoms with Gasteiger partial charge in [-0.2, -0.15) is 0 Å². The van der Waals surface area contributed by atoms with Crippen molar-refractivity contribution in [2.24, 2.45) is 37.3 Å². The summed E-state index contributed by atoms with van der Waals surface area (Å²) < 4.78 is 3.48. The van der Waals surface area contributed by atoms with E-state index in [1.807, 2.05) is 14.1 Å². The van der Waals surface area contributed by atoms with Crippen LogP contribution >= 0.6 is 12.4 Å². The first-order chi connectivity index (χ1) is 12.4. The largest absolute Gasteiger partial charge is 0.328 e. The summed E-state index contributed by atoms with van der Waals surface area (Å²) in [6.45, 7) is 3.31. The molecule has 27 heavy (non-hydrogen) atoms. The minimum Gasteiger partial charge on any atom is -0.310 e. The highest BCUT2D eigenvalue weighted by atomic mass is 35.5. The Balaban J connectivity index is 0.00000180. The summed E-state index contributed by atoms with van der Waals surface area (Å²) in [6.07, 6.45) is 8.85. The van der Waals surface area contributed by atoms with Gasteiger partial charge in [0.05, 0.1) is 11.0 Å². The molecule has 4 nitrogen and oxygen atoms in total. The molecule has 4 bridgehead atoms. The number of hydrogen-bond acceptors (Lipinski definition) is 2.